The van der Waals surface area contributed by atoms with Crippen molar-refractivity contribution in [3.05, 3.63) is 45.5 Å². The van der Waals surface area contributed by atoms with Crippen LogP contribution in [-0.4, -0.2) is 17.7 Å². The smallest absolute Gasteiger partial charge is 0.234 e. The van der Waals surface area contributed by atoms with Gasteiger partial charge in [-0.1, -0.05) is 23.8 Å². The molecule has 0 saturated heterocycles. The topological polar surface area (TPSA) is 43.4 Å². The molecule has 0 radical (unpaired) electrons. The van der Waals surface area contributed by atoms with Crippen molar-refractivity contribution in [2.45, 2.75) is 39.2 Å². The summed E-state index contributed by atoms with van der Waals surface area (Å²) in [5, 5.41) is 0. The lowest BCUT2D eigenvalue weighted by Crippen LogP contribution is -2.24. The van der Waals surface area contributed by atoms with Crippen molar-refractivity contribution in [2.24, 2.45) is 0 Å². The zero-order chi connectivity index (χ0) is 14.7. The predicted octanol–water partition coefficient (Wildman–Crippen LogP) is 3.32. The molecule has 1 atom stereocenters. The summed E-state index contributed by atoms with van der Waals surface area (Å²) in [6.45, 7) is 3.99. The molecule has 3 aliphatic rings. The highest BCUT2D eigenvalue weighted by Crippen LogP contribution is 2.42. The van der Waals surface area contributed by atoms with E-state index in [0.717, 1.165) is 29.5 Å². The van der Waals surface area contributed by atoms with Gasteiger partial charge in [0.1, 0.15) is 11.9 Å². The molecule has 0 saturated carbocycles. The molecule has 1 unspecified atom stereocenters. The van der Waals surface area contributed by atoms with Gasteiger partial charge in [0, 0.05) is 23.1 Å². The summed E-state index contributed by atoms with van der Waals surface area (Å²) in [6.07, 6.45) is 4.48. The van der Waals surface area contributed by atoms with Crippen LogP contribution in [0.5, 0.6) is 0 Å². The van der Waals surface area contributed by atoms with Crippen molar-refractivity contribution < 1.29 is 14.3 Å². The summed E-state index contributed by atoms with van der Waals surface area (Å²) < 4.78 is 5.81. The Kier molecular flexibility index (Phi) is 2.49. The first-order valence-electron chi connectivity index (χ1n) is 7.38. The SMILES string of the molecule is CC1=Cc2c(ccc3c2C(=O)C(=O)C2=C3OC(C)C2)CC1. The van der Waals surface area contributed by atoms with Gasteiger partial charge in [-0.25, -0.2) is 0 Å². The molecule has 1 aromatic carbocycles. The summed E-state index contributed by atoms with van der Waals surface area (Å²) in [7, 11) is 0. The largest absolute Gasteiger partial charge is 0.489 e. The average Bonchev–Trinajstić information content (AvgIpc) is 2.85. The lowest BCUT2D eigenvalue weighted by atomic mass is 9.80. The number of allylic oxidation sites excluding steroid dienone is 1. The van der Waals surface area contributed by atoms with Gasteiger partial charge in [0.2, 0.25) is 11.6 Å². The minimum Gasteiger partial charge on any atom is -0.489 e. The number of hydrogen-bond acceptors (Lipinski definition) is 3. The summed E-state index contributed by atoms with van der Waals surface area (Å²) in [4.78, 5) is 25.0. The highest BCUT2D eigenvalue weighted by atomic mass is 16.5. The third-order valence-corrected chi connectivity index (χ3v) is 4.55. The molecule has 0 amide bonds. The summed E-state index contributed by atoms with van der Waals surface area (Å²) >= 11 is 0. The molecule has 1 aromatic rings. The number of hydrogen-bond donors (Lipinski definition) is 0. The van der Waals surface area contributed by atoms with E-state index in [1.165, 1.54) is 5.57 Å². The molecular formula is C18H16O3. The van der Waals surface area contributed by atoms with Gasteiger partial charge in [-0.2, -0.15) is 0 Å². The standard InChI is InChI=1S/C18H16O3/c1-9-3-4-11-5-6-12-15(13(11)7-9)17(20)16(19)14-8-10(2)21-18(12)14/h5-7,10H,3-4,8H2,1-2H3. The third kappa shape index (κ3) is 1.67. The van der Waals surface area contributed by atoms with Gasteiger partial charge in [0.05, 0.1) is 0 Å². The Balaban J connectivity index is 2.01. The van der Waals surface area contributed by atoms with Crippen molar-refractivity contribution in [3.8, 4) is 0 Å². The number of carbonyl (C=O) groups is 2. The van der Waals surface area contributed by atoms with Gasteiger partial charge in [0.15, 0.2) is 0 Å². The maximum absolute atomic E-state index is 12.6. The molecule has 2 aliphatic carbocycles. The van der Waals surface area contributed by atoms with Crippen LogP contribution in [0.3, 0.4) is 0 Å². The molecule has 0 fully saturated rings. The number of Topliss-reactive ketones (excluding diaryl/α,β-unsaturated/α-hetero) is 2. The van der Waals surface area contributed by atoms with Crippen molar-refractivity contribution in [1.29, 1.82) is 0 Å². The van der Waals surface area contributed by atoms with Crippen molar-refractivity contribution in [1.82, 2.24) is 0 Å². The highest BCUT2D eigenvalue weighted by Gasteiger charge is 2.40. The van der Waals surface area contributed by atoms with Crippen LogP contribution < -0.4 is 0 Å². The zero-order valence-corrected chi connectivity index (χ0v) is 12.2. The lowest BCUT2D eigenvalue weighted by molar-refractivity contribution is -0.112. The fourth-order valence-electron chi connectivity index (χ4n) is 3.50. The molecule has 3 heteroatoms. The van der Waals surface area contributed by atoms with Gasteiger partial charge >= 0.3 is 0 Å². The molecule has 1 heterocycles. The third-order valence-electron chi connectivity index (χ3n) is 4.55. The van der Waals surface area contributed by atoms with E-state index in [0.29, 0.717) is 23.3 Å². The quantitative estimate of drug-likeness (QED) is 0.685. The van der Waals surface area contributed by atoms with Crippen LogP contribution in [0.15, 0.2) is 23.3 Å². The normalized spacial score (nSPS) is 23.3. The maximum Gasteiger partial charge on any atom is 0.234 e. The van der Waals surface area contributed by atoms with E-state index in [1.807, 2.05) is 19.1 Å². The van der Waals surface area contributed by atoms with Crippen molar-refractivity contribution in [3.63, 3.8) is 0 Å². The minimum atomic E-state index is -0.383. The molecule has 21 heavy (non-hydrogen) atoms. The van der Waals surface area contributed by atoms with Gasteiger partial charge in [-0.15, -0.1) is 0 Å². The van der Waals surface area contributed by atoms with Crippen LogP contribution in [0.1, 0.15) is 53.7 Å². The van der Waals surface area contributed by atoms with Crippen LogP contribution in [0, 0.1) is 0 Å². The highest BCUT2D eigenvalue weighted by molar-refractivity contribution is 6.53. The first kappa shape index (κ1) is 12.6. The van der Waals surface area contributed by atoms with E-state index in [2.05, 4.69) is 13.0 Å². The number of rotatable bonds is 0. The first-order valence-corrected chi connectivity index (χ1v) is 7.38. The lowest BCUT2D eigenvalue weighted by Gasteiger charge is -2.23. The predicted molar refractivity (Wildman–Crippen MR) is 79.8 cm³/mol. The van der Waals surface area contributed by atoms with E-state index in [-0.39, 0.29) is 17.7 Å². The Morgan fingerprint density at radius 3 is 2.76 bits per heavy atom. The fraction of sp³-hybridized carbons (Fsp3) is 0.333. The molecule has 0 N–H and O–H groups in total. The van der Waals surface area contributed by atoms with E-state index in [9.17, 15) is 9.59 Å². The monoisotopic (exact) mass is 280 g/mol. The van der Waals surface area contributed by atoms with Crippen molar-refractivity contribution in [2.75, 3.05) is 0 Å². The molecule has 0 bridgehead atoms. The van der Waals surface area contributed by atoms with E-state index < -0.39 is 0 Å². The second-order valence-electron chi connectivity index (χ2n) is 6.15. The Bertz CT molecular complexity index is 765. The molecular weight excluding hydrogens is 264 g/mol. The maximum atomic E-state index is 12.6. The Morgan fingerprint density at radius 2 is 1.95 bits per heavy atom. The van der Waals surface area contributed by atoms with Gasteiger partial charge in [-0.3, -0.25) is 9.59 Å². The van der Waals surface area contributed by atoms with Crippen molar-refractivity contribution >= 4 is 23.4 Å². The summed E-state index contributed by atoms with van der Waals surface area (Å²) in [5.74, 6) is -0.127. The summed E-state index contributed by atoms with van der Waals surface area (Å²) in [5.41, 5.74) is 5.21. The number of ketones is 2. The van der Waals surface area contributed by atoms with Gasteiger partial charge in [0.25, 0.3) is 0 Å². The second kappa shape index (κ2) is 4.17. The van der Waals surface area contributed by atoms with Crippen LogP contribution in [0.2, 0.25) is 0 Å². The van der Waals surface area contributed by atoms with E-state index in [1.54, 1.807) is 0 Å². The van der Waals surface area contributed by atoms with Crippen LogP contribution >= 0.6 is 0 Å². The summed E-state index contributed by atoms with van der Waals surface area (Å²) in [6, 6.07) is 4.01. The molecule has 0 spiro atoms. The van der Waals surface area contributed by atoms with Crippen LogP contribution in [0.4, 0.5) is 0 Å². The van der Waals surface area contributed by atoms with Crippen LogP contribution in [0.25, 0.3) is 11.8 Å². The number of aryl methyl sites for hydroxylation is 1. The Hall–Kier alpha value is -2.16. The number of benzene rings is 1. The molecule has 4 rings (SSSR count). The molecule has 106 valence electrons. The van der Waals surface area contributed by atoms with E-state index >= 15 is 0 Å². The average molecular weight is 280 g/mol. The Labute approximate surface area is 123 Å². The van der Waals surface area contributed by atoms with Crippen LogP contribution in [-0.2, 0) is 16.0 Å². The van der Waals surface area contributed by atoms with Gasteiger partial charge in [-0.05, 0) is 37.8 Å². The number of ether oxygens (including phenoxy) is 1. The number of fused-ring (bicyclic) bond motifs is 4. The molecule has 1 aliphatic heterocycles. The Morgan fingerprint density at radius 1 is 1.14 bits per heavy atom. The first-order chi connectivity index (χ1) is 10.1. The van der Waals surface area contributed by atoms with Gasteiger partial charge < -0.3 is 4.74 Å². The zero-order valence-electron chi connectivity index (χ0n) is 12.2. The molecule has 0 aromatic heterocycles. The molecule has 3 nitrogen and oxygen atoms in total. The fourth-order valence-corrected chi connectivity index (χ4v) is 3.50. The van der Waals surface area contributed by atoms with E-state index in [4.69, 9.17) is 4.74 Å². The minimum absolute atomic E-state index is 0.0361. The number of carbonyl (C=O) groups excluding carboxylic acids is 2. The second-order valence-corrected chi connectivity index (χ2v) is 6.15.